The van der Waals surface area contributed by atoms with E-state index in [1.807, 2.05) is 0 Å². The molecule has 0 aliphatic rings. The maximum atomic E-state index is 11.9. The first kappa shape index (κ1) is 16.1. The van der Waals surface area contributed by atoms with E-state index in [4.69, 9.17) is 0 Å². The Balaban J connectivity index is 2.71. The van der Waals surface area contributed by atoms with Crippen molar-refractivity contribution >= 4 is 22.4 Å². The number of nitrogens with one attached hydrogen (secondary N) is 1. The lowest BCUT2D eigenvalue weighted by molar-refractivity contribution is -0.385. The molecule has 20 heavy (non-hydrogen) atoms. The molecule has 0 heterocycles. The van der Waals surface area contributed by atoms with E-state index in [1.54, 1.807) is 13.2 Å². The highest BCUT2D eigenvalue weighted by atomic mass is 32.2. The standard InChI is InChI=1S/C12H16N2O5S/c1-8(5-6-20(2)19)13-12(16)9-3-4-10(14(17)18)11(15)7-9/h3-4,7-8,15H,5-6H2,1-2H3,(H,13,16). The van der Waals surface area contributed by atoms with Gasteiger partial charge in [0.05, 0.1) is 4.92 Å². The van der Waals surface area contributed by atoms with Crippen LogP contribution in [0, 0.1) is 10.1 Å². The highest BCUT2D eigenvalue weighted by Crippen LogP contribution is 2.26. The molecule has 1 amide bonds. The number of amides is 1. The van der Waals surface area contributed by atoms with Crippen molar-refractivity contribution < 1.29 is 19.0 Å². The van der Waals surface area contributed by atoms with Gasteiger partial charge in [-0.05, 0) is 25.5 Å². The summed E-state index contributed by atoms with van der Waals surface area (Å²) in [6.45, 7) is 1.77. The summed E-state index contributed by atoms with van der Waals surface area (Å²) in [5.74, 6) is -0.512. The minimum absolute atomic E-state index is 0.137. The number of carbonyl (C=O) groups is 1. The third kappa shape index (κ3) is 4.61. The predicted octanol–water partition coefficient (Wildman–Crippen LogP) is 1.19. The average molecular weight is 300 g/mol. The number of rotatable bonds is 6. The monoisotopic (exact) mass is 300 g/mol. The van der Waals surface area contributed by atoms with E-state index in [9.17, 15) is 24.2 Å². The normalized spacial score (nSPS) is 13.5. The van der Waals surface area contributed by atoms with Gasteiger partial charge in [0.25, 0.3) is 5.91 Å². The Hall–Kier alpha value is -1.96. The van der Waals surface area contributed by atoms with Crippen LogP contribution in [0.15, 0.2) is 18.2 Å². The van der Waals surface area contributed by atoms with Gasteiger partial charge in [0.2, 0.25) is 0 Å². The van der Waals surface area contributed by atoms with E-state index in [2.05, 4.69) is 5.32 Å². The zero-order chi connectivity index (χ0) is 15.3. The molecule has 2 unspecified atom stereocenters. The summed E-state index contributed by atoms with van der Waals surface area (Å²) in [6.07, 6.45) is 2.15. The van der Waals surface area contributed by atoms with Crippen molar-refractivity contribution in [3.8, 4) is 5.75 Å². The number of aromatic hydroxyl groups is 1. The number of nitro benzene ring substituents is 1. The molecule has 1 aromatic rings. The topological polar surface area (TPSA) is 110 Å². The Labute approximate surface area is 118 Å². The molecule has 110 valence electrons. The summed E-state index contributed by atoms with van der Waals surface area (Å²) in [5.41, 5.74) is -0.312. The molecule has 1 rings (SSSR count). The van der Waals surface area contributed by atoms with Crippen LogP contribution in [0.3, 0.4) is 0 Å². The Kier molecular flexibility index (Phi) is 5.63. The largest absolute Gasteiger partial charge is 0.502 e. The van der Waals surface area contributed by atoms with Gasteiger partial charge in [-0.2, -0.15) is 0 Å². The van der Waals surface area contributed by atoms with Crippen molar-refractivity contribution in [1.82, 2.24) is 5.32 Å². The molecule has 2 atom stereocenters. The van der Waals surface area contributed by atoms with E-state index >= 15 is 0 Å². The molecule has 7 nitrogen and oxygen atoms in total. The summed E-state index contributed by atoms with van der Waals surface area (Å²) < 4.78 is 11.0. The SMILES string of the molecule is CC(CCS(C)=O)NC(=O)c1ccc([N+](=O)[O-])c(O)c1. The fourth-order valence-electron chi connectivity index (χ4n) is 1.54. The Morgan fingerprint density at radius 3 is 2.70 bits per heavy atom. The summed E-state index contributed by atoms with van der Waals surface area (Å²) >= 11 is 0. The number of phenolic OH excluding ortho intramolecular Hbond substituents is 1. The summed E-state index contributed by atoms with van der Waals surface area (Å²) in [7, 11) is -0.924. The van der Waals surface area contributed by atoms with Crippen LogP contribution in [-0.2, 0) is 10.8 Å². The maximum absolute atomic E-state index is 11.9. The fourth-order valence-corrected chi connectivity index (χ4v) is 2.23. The minimum Gasteiger partial charge on any atom is -0.502 e. The average Bonchev–Trinajstić information content (AvgIpc) is 2.35. The first-order valence-electron chi connectivity index (χ1n) is 5.89. The van der Waals surface area contributed by atoms with E-state index < -0.39 is 33.1 Å². The second-order valence-electron chi connectivity index (χ2n) is 4.40. The number of phenols is 1. The first-order chi connectivity index (χ1) is 9.31. The van der Waals surface area contributed by atoms with Crippen molar-refractivity contribution in [3.63, 3.8) is 0 Å². The van der Waals surface area contributed by atoms with Gasteiger partial charge in [0.1, 0.15) is 0 Å². The van der Waals surface area contributed by atoms with Crippen molar-refractivity contribution in [3.05, 3.63) is 33.9 Å². The molecule has 8 heteroatoms. The van der Waals surface area contributed by atoms with Crippen molar-refractivity contribution in [2.24, 2.45) is 0 Å². The number of nitro groups is 1. The van der Waals surface area contributed by atoms with Gasteiger partial charge >= 0.3 is 5.69 Å². The van der Waals surface area contributed by atoms with Crippen LogP contribution in [0.5, 0.6) is 5.75 Å². The van der Waals surface area contributed by atoms with Gasteiger partial charge in [-0.25, -0.2) is 0 Å². The van der Waals surface area contributed by atoms with Gasteiger partial charge in [0.15, 0.2) is 5.75 Å². The smallest absolute Gasteiger partial charge is 0.310 e. The molecule has 2 N–H and O–H groups in total. The molecule has 1 aromatic carbocycles. The highest BCUT2D eigenvalue weighted by Gasteiger charge is 2.17. The van der Waals surface area contributed by atoms with Gasteiger partial charge in [-0.15, -0.1) is 0 Å². The van der Waals surface area contributed by atoms with Crippen LogP contribution in [0.2, 0.25) is 0 Å². The molecule has 0 spiro atoms. The second kappa shape index (κ2) is 6.99. The molecule has 0 fully saturated rings. The molecule has 0 radical (unpaired) electrons. The Morgan fingerprint density at radius 2 is 2.20 bits per heavy atom. The molecular formula is C12H16N2O5S. The van der Waals surface area contributed by atoms with Crippen molar-refractivity contribution in [2.75, 3.05) is 12.0 Å². The Bertz CT molecular complexity index is 547. The first-order valence-corrected chi connectivity index (χ1v) is 7.62. The quantitative estimate of drug-likeness (QED) is 0.605. The summed E-state index contributed by atoms with van der Waals surface area (Å²) in [4.78, 5) is 21.7. The van der Waals surface area contributed by atoms with E-state index in [0.717, 1.165) is 12.1 Å². The number of hydrogen-bond acceptors (Lipinski definition) is 5. The lowest BCUT2D eigenvalue weighted by Gasteiger charge is -2.13. The molecule has 0 aliphatic heterocycles. The van der Waals surface area contributed by atoms with E-state index in [1.165, 1.54) is 6.07 Å². The van der Waals surface area contributed by atoms with Gasteiger partial charge < -0.3 is 10.4 Å². The van der Waals surface area contributed by atoms with Crippen LogP contribution >= 0.6 is 0 Å². The number of carbonyl (C=O) groups excluding carboxylic acids is 1. The van der Waals surface area contributed by atoms with E-state index in [0.29, 0.717) is 12.2 Å². The van der Waals surface area contributed by atoms with Gasteiger partial charge in [-0.3, -0.25) is 19.1 Å². The third-order valence-corrected chi connectivity index (χ3v) is 3.46. The Morgan fingerprint density at radius 1 is 1.55 bits per heavy atom. The maximum Gasteiger partial charge on any atom is 0.310 e. The number of hydrogen-bond donors (Lipinski definition) is 2. The second-order valence-corrected chi connectivity index (χ2v) is 5.96. The van der Waals surface area contributed by atoms with E-state index in [-0.39, 0.29) is 11.6 Å². The van der Waals surface area contributed by atoms with Gasteiger partial charge in [0, 0.05) is 40.5 Å². The number of benzene rings is 1. The zero-order valence-corrected chi connectivity index (χ0v) is 12.0. The van der Waals surface area contributed by atoms with Crippen LogP contribution in [-0.4, -0.2) is 38.2 Å². The van der Waals surface area contributed by atoms with Crippen LogP contribution < -0.4 is 5.32 Å². The molecule has 0 aliphatic carbocycles. The minimum atomic E-state index is -0.924. The molecular weight excluding hydrogens is 284 g/mol. The van der Waals surface area contributed by atoms with Gasteiger partial charge in [-0.1, -0.05) is 0 Å². The highest BCUT2D eigenvalue weighted by molar-refractivity contribution is 7.84. The van der Waals surface area contributed by atoms with Crippen molar-refractivity contribution in [2.45, 2.75) is 19.4 Å². The summed E-state index contributed by atoms with van der Waals surface area (Å²) in [5, 5.41) is 22.7. The summed E-state index contributed by atoms with van der Waals surface area (Å²) in [6, 6.07) is 3.23. The molecule has 0 aromatic heterocycles. The zero-order valence-electron chi connectivity index (χ0n) is 11.2. The van der Waals surface area contributed by atoms with Crippen LogP contribution in [0.4, 0.5) is 5.69 Å². The lowest BCUT2D eigenvalue weighted by Crippen LogP contribution is -2.33. The van der Waals surface area contributed by atoms with Crippen LogP contribution in [0.1, 0.15) is 23.7 Å². The molecule has 0 bridgehead atoms. The third-order valence-electron chi connectivity index (χ3n) is 2.65. The number of nitrogens with zero attached hydrogens (tertiary/aromatic N) is 1. The molecule has 0 saturated heterocycles. The molecule has 0 saturated carbocycles. The van der Waals surface area contributed by atoms with Crippen molar-refractivity contribution in [1.29, 1.82) is 0 Å². The lowest BCUT2D eigenvalue weighted by atomic mass is 10.1. The fraction of sp³-hybridized carbons (Fsp3) is 0.417. The predicted molar refractivity (Wildman–Crippen MR) is 75.2 cm³/mol. The van der Waals surface area contributed by atoms with Crippen LogP contribution in [0.25, 0.3) is 0 Å².